The fraction of sp³-hybridized carbons (Fsp3) is 0.444. The number of carbonyl (C=O) groups is 2. The molecule has 1 N–H and O–H groups in total. The molecule has 27 heavy (non-hydrogen) atoms. The van der Waals surface area contributed by atoms with Gasteiger partial charge >= 0.3 is 5.97 Å². The van der Waals surface area contributed by atoms with E-state index in [1.807, 2.05) is 27.7 Å². The van der Waals surface area contributed by atoms with Crippen molar-refractivity contribution >= 4 is 21.9 Å². The molecular formula is C18H25FN2O5S. The van der Waals surface area contributed by atoms with E-state index in [0.29, 0.717) is 0 Å². The largest absolute Gasteiger partial charge is 0.452 e. The second kappa shape index (κ2) is 9.61. The number of ether oxygens (including phenoxy) is 1. The van der Waals surface area contributed by atoms with Crippen LogP contribution in [0.15, 0.2) is 35.7 Å². The lowest BCUT2D eigenvalue weighted by molar-refractivity contribution is -0.138. The summed E-state index contributed by atoms with van der Waals surface area (Å²) in [6.45, 7) is 10.1. The maximum absolute atomic E-state index is 13.9. The Labute approximate surface area is 159 Å². The highest BCUT2D eigenvalue weighted by molar-refractivity contribution is 7.89. The van der Waals surface area contributed by atoms with Crippen LogP contribution in [0.5, 0.6) is 0 Å². The molecule has 0 saturated carbocycles. The van der Waals surface area contributed by atoms with Crippen LogP contribution in [0.3, 0.4) is 0 Å². The van der Waals surface area contributed by atoms with Crippen molar-refractivity contribution in [2.45, 2.75) is 44.7 Å². The predicted octanol–water partition coefficient (Wildman–Crippen LogP) is 2.09. The van der Waals surface area contributed by atoms with Crippen LogP contribution in [0.2, 0.25) is 0 Å². The van der Waals surface area contributed by atoms with Crippen LogP contribution < -0.4 is 4.72 Å². The lowest BCUT2D eigenvalue weighted by Crippen LogP contribution is -2.44. The fourth-order valence-corrected chi connectivity index (χ4v) is 3.64. The van der Waals surface area contributed by atoms with E-state index in [1.54, 1.807) is 4.90 Å². The van der Waals surface area contributed by atoms with E-state index in [4.69, 9.17) is 4.74 Å². The molecule has 0 aromatic heterocycles. The lowest BCUT2D eigenvalue weighted by atomic mass is 10.2. The molecule has 0 atom stereocenters. The van der Waals surface area contributed by atoms with Gasteiger partial charge in [0.25, 0.3) is 5.91 Å². The summed E-state index contributed by atoms with van der Waals surface area (Å²) in [6, 6.07) is 2.67. The Kier molecular flexibility index (Phi) is 8.11. The molecule has 1 amide bonds. The van der Waals surface area contributed by atoms with E-state index in [0.717, 1.165) is 18.2 Å². The molecule has 0 aliphatic rings. The van der Waals surface area contributed by atoms with Gasteiger partial charge in [0.05, 0.1) is 5.56 Å². The van der Waals surface area contributed by atoms with Crippen molar-refractivity contribution in [3.63, 3.8) is 0 Å². The van der Waals surface area contributed by atoms with E-state index < -0.39 is 33.3 Å². The number of hydrogen-bond acceptors (Lipinski definition) is 5. The molecule has 0 unspecified atom stereocenters. The first-order chi connectivity index (χ1) is 12.5. The summed E-state index contributed by atoms with van der Waals surface area (Å²) in [7, 11) is -4.16. The monoisotopic (exact) mass is 400 g/mol. The van der Waals surface area contributed by atoms with Gasteiger partial charge < -0.3 is 9.64 Å². The SMILES string of the molecule is C=CCNS(=O)(=O)c1cc(C(=O)OCC(=O)N(C(C)C)C(C)C)ccc1F. The number of nitrogens with zero attached hydrogens (tertiary/aromatic N) is 1. The molecular weight excluding hydrogens is 375 g/mol. The fourth-order valence-electron chi connectivity index (χ4n) is 2.54. The van der Waals surface area contributed by atoms with Crippen LogP contribution in [-0.2, 0) is 19.6 Å². The summed E-state index contributed by atoms with van der Waals surface area (Å²) in [4.78, 5) is 25.3. The van der Waals surface area contributed by atoms with Crippen LogP contribution in [-0.4, -0.2) is 50.4 Å². The molecule has 0 aliphatic carbocycles. The number of halogens is 1. The Hall–Kier alpha value is -2.26. The zero-order valence-corrected chi connectivity index (χ0v) is 16.7. The van der Waals surface area contributed by atoms with Crippen molar-refractivity contribution < 1.29 is 27.1 Å². The molecule has 0 bridgehead atoms. The van der Waals surface area contributed by atoms with Crippen LogP contribution in [0, 0.1) is 5.82 Å². The van der Waals surface area contributed by atoms with Gasteiger partial charge in [-0.25, -0.2) is 22.3 Å². The number of rotatable bonds is 9. The van der Waals surface area contributed by atoms with E-state index in [9.17, 15) is 22.4 Å². The van der Waals surface area contributed by atoms with Crippen molar-refractivity contribution in [3.05, 3.63) is 42.2 Å². The first-order valence-electron chi connectivity index (χ1n) is 8.39. The number of amides is 1. The van der Waals surface area contributed by atoms with Crippen LogP contribution in [0.4, 0.5) is 4.39 Å². The Balaban J connectivity index is 2.95. The van der Waals surface area contributed by atoms with Gasteiger partial charge in [0, 0.05) is 18.6 Å². The number of sulfonamides is 1. The molecule has 0 heterocycles. The molecule has 0 radical (unpaired) electrons. The Morgan fingerprint density at radius 2 is 1.85 bits per heavy atom. The maximum atomic E-state index is 13.9. The molecule has 1 aromatic rings. The van der Waals surface area contributed by atoms with E-state index in [1.165, 1.54) is 6.08 Å². The van der Waals surface area contributed by atoms with Crippen molar-refractivity contribution in [3.8, 4) is 0 Å². The third-order valence-corrected chi connectivity index (χ3v) is 5.04. The topological polar surface area (TPSA) is 92.8 Å². The summed E-state index contributed by atoms with van der Waals surface area (Å²) >= 11 is 0. The van der Waals surface area contributed by atoms with E-state index in [-0.39, 0.29) is 30.1 Å². The summed E-state index contributed by atoms with van der Waals surface area (Å²) in [6.07, 6.45) is 1.30. The number of benzene rings is 1. The molecule has 0 aliphatic heterocycles. The molecule has 7 nitrogen and oxygen atoms in total. The average Bonchev–Trinajstić information content (AvgIpc) is 2.57. The number of esters is 1. The van der Waals surface area contributed by atoms with Crippen LogP contribution in [0.1, 0.15) is 38.1 Å². The van der Waals surface area contributed by atoms with Gasteiger partial charge in [0.1, 0.15) is 10.7 Å². The molecule has 0 spiro atoms. The number of hydrogen-bond donors (Lipinski definition) is 1. The number of nitrogens with one attached hydrogen (secondary N) is 1. The maximum Gasteiger partial charge on any atom is 0.338 e. The molecule has 1 rings (SSSR count). The normalized spacial score (nSPS) is 11.5. The predicted molar refractivity (Wildman–Crippen MR) is 99.2 cm³/mol. The van der Waals surface area contributed by atoms with E-state index >= 15 is 0 Å². The van der Waals surface area contributed by atoms with Gasteiger partial charge in [-0.15, -0.1) is 6.58 Å². The Bertz CT molecular complexity index is 798. The second-order valence-corrected chi connectivity index (χ2v) is 8.09. The minimum absolute atomic E-state index is 0.0743. The smallest absolute Gasteiger partial charge is 0.338 e. The highest BCUT2D eigenvalue weighted by Gasteiger charge is 2.24. The third-order valence-electron chi connectivity index (χ3n) is 3.60. The van der Waals surface area contributed by atoms with Crippen LogP contribution in [0.25, 0.3) is 0 Å². The first kappa shape index (κ1) is 22.8. The zero-order chi connectivity index (χ0) is 20.8. The lowest BCUT2D eigenvalue weighted by Gasteiger charge is -2.30. The minimum Gasteiger partial charge on any atom is -0.452 e. The molecule has 1 aromatic carbocycles. The molecule has 9 heteroatoms. The second-order valence-electron chi connectivity index (χ2n) is 6.35. The van der Waals surface area contributed by atoms with Crippen molar-refractivity contribution in [2.75, 3.05) is 13.2 Å². The molecule has 150 valence electrons. The summed E-state index contributed by atoms with van der Waals surface area (Å²) in [5, 5.41) is 0. The molecule has 0 saturated heterocycles. The summed E-state index contributed by atoms with van der Waals surface area (Å²) in [5.41, 5.74) is -0.177. The highest BCUT2D eigenvalue weighted by Crippen LogP contribution is 2.17. The van der Waals surface area contributed by atoms with Gasteiger partial charge in [-0.1, -0.05) is 6.08 Å². The van der Waals surface area contributed by atoms with Gasteiger partial charge in [0.2, 0.25) is 10.0 Å². The van der Waals surface area contributed by atoms with Crippen molar-refractivity contribution in [1.82, 2.24) is 9.62 Å². The molecule has 0 fully saturated rings. The van der Waals surface area contributed by atoms with Crippen molar-refractivity contribution in [2.24, 2.45) is 0 Å². The van der Waals surface area contributed by atoms with Gasteiger partial charge in [-0.05, 0) is 45.9 Å². The Morgan fingerprint density at radius 3 is 2.37 bits per heavy atom. The summed E-state index contributed by atoms with van der Waals surface area (Å²) in [5.74, 6) is -2.31. The average molecular weight is 400 g/mol. The van der Waals surface area contributed by atoms with Gasteiger partial charge in [-0.2, -0.15) is 0 Å². The quantitative estimate of drug-likeness (QED) is 0.506. The summed E-state index contributed by atoms with van der Waals surface area (Å²) < 4.78 is 45.2. The minimum atomic E-state index is -4.16. The van der Waals surface area contributed by atoms with Gasteiger partial charge in [0.15, 0.2) is 6.61 Å². The van der Waals surface area contributed by atoms with E-state index in [2.05, 4.69) is 11.3 Å². The first-order valence-corrected chi connectivity index (χ1v) is 9.88. The zero-order valence-electron chi connectivity index (χ0n) is 15.9. The van der Waals surface area contributed by atoms with Crippen LogP contribution >= 0.6 is 0 Å². The Morgan fingerprint density at radius 1 is 1.26 bits per heavy atom. The van der Waals surface area contributed by atoms with Gasteiger partial charge in [-0.3, -0.25) is 4.79 Å². The standard InChI is InChI=1S/C18H25FN2O5S/c1-6-9-20-27(24,25)16-10-14(7-8-15(16)19)18(23)26-11-17(22)21(12(2)3)13(4)5/h6-8,10,12-13,20H,1,9,11H2,2-5H3. The highest BCUT2D eigenvalue weighted by atomic mass is 32.2. The van der Waals surface area contributed by atoms with Crippen molar-refractivity contribution in [1.29, 1.82) is 0 Å². The third kappa shape index (κ3) is 6.14. The number of carbonyl (C=O) groups excluding carboxylic acids is 2.